The van der Waals surface area contributed by atoms with Crippen LogP contribution in [0.2, 0.25) is 0 Å². The van der Waals surface area contributed by atoms with Gasteiger partial charge in [0.05, 0.1) is 0 Å². The fraction of sp³-hybridized carbons (Fsp3) is 0.462. The molecule has 0 bridgehead atoms. The Labute approximate surface area is 115 Å². The quantitative estimate of drug-likeness (QED) is 0.846. The molecule has 0 aliphatic heterocycles. The number of amides is 1. The molecule has 0 saturated carbocycles. The van der Waals surface area contributed by atoms with Gasteiger partial charge in [0.1, 0.15) is 5.75 Å². The Kier molecular flexibility index (Phi) is 5.82. The number of benzene rings is 1. The van der Waals surface area contributed by atoms with Crippen molar-refractivity contribution in [2.75, 3.05) is 11.9 Å². The maximum absolute atomic E-state index is 12.1. The Hall–Kier alpha value is -1.76. The highest BCUT2D eigenvalue weighted by Gasteiger charge is 2.31. The molecule has 1 unspecified atom stereocenters. The number of carbonyl (C=O) groups is 1. The first-order chi connectivity index (χ1) is 9.34. The summed E-state index contributed by atoms with van der Waals surface area (Å²) in [5.74, 6) is -0.600. The lowest BCUT2D eigenvalue weighted by molar-refractivity contribution is -0.274. The lowest BCUT2D eigenvalue weighted by Gasteiger charge is -2.13. The monoisotopic (exact) mass is 290 g/mol. The van der Waals surface area contributed by atoms with Crippen molar-refractivity contribution in [1.82, 2.24) is 0 Å². The minimum atomic E-state index is -4.75. The number of nitrogens with one attached hydrogen (secondary N) is 1. The molecule has 0 saturated heterocycles. The molecular formula is C13H17F3N2O2. The van der Waals surface area contributed by atoms with Gasteiger partial charge >= 0.3 is 6.36 Å². The van der Waals surface area contributed by atoms with E-state index in [0.717, 1.165) is 18.6 Å². The van der Waals surface area contributed by atoms with Crippen molar-refractivity contribution in [2.45, 2.75) is 26.1 Å². The molecule has 1 amide bonds. The first-order valence-corrected chi connectivity index (χ1v) is 6.19. The van der Waals surface area contributed by atoms with E-state index in [1.807, 2.05) is 6.92 Å². The number of alkyl halides is 3. The molecule has 1 aromatic carbocycles. The van der Waals surface area contributed by atoms with Crippen molar-refractivity contribution >= 4 is 11.6 Å². The highest BCUT2D eigenvalue weighted by atomic mass is 19.4. The molecule has 0 radical (unpaired) electrons. The largest absolute Gasteiger partial charge is 0.573 e. The summed E-state index contributed by atoms with van der Waals surface area (Å²) in [5, 5.41) is 2.53. The third-order valence-corrected chi connectivity index (χ3v) is 2.74. The van der Waals surface area contributed by atoms with Gasteiger partial charge in [-0.15, -0.1) is 13.2 Å². The van der Waals surface area contributed by atoms with Gasteiger partial charge in [-0.25, -0.2) is 0 Å². The zero-order chi connectivity index (χ0) is 15.2. The van der Waals surface area contributed by atoms with Crippen LogP contribution < -0.4 is 15.8 Å². The molecule has 20 heavy (non-hydrogen) atoms. The average molecular weight is 290 g/mol. The maximum Gasteiger partial charge on any atom is 0.573 e. The molecule has 0 spiro atoms. The van der Waals surface area contributed by atoms with Crippen LogP contribution in [0.15, 0.2) is 24.3 Å². The molecule has 0 aromatic heterocycles. The molecule has 0 aliphatic carbocycles. The van der Waals surface area contributed by atoms with Crippen molar-refractivity contribution in [2.24, 2.45) is 11.7 Å². The van der Waals surface area contributed by atoms with E-state index in [1.54, 1.807) is 0 Å². The second kappa shape index (κ2) is 7.14. The van der Waals surface area contributed by atoms with Gasteiger partial charge in [0.25, 0.3) is 0 Å². The Bertz CT molecular complexity index is 445. The van der Waals surface area contributed by atoms with Crippen molar-refractivity contribution in [3.05, 3.63) is 24.3 Å². The average Bonchev–Trinajstić information content (AvgIpc) is 2.34. The van der Waals surface area contributed by atoms with Crippen molar-refractivity contribution in [3.8, 4) is 5.75 Å². The molecule has 7 heteroatoms. The van der Waals surface area contributed by atoms with Crippen LogP contribution in [0.25, 0.3) is 0 Å². The van der Waals surface area contributed by atoms with E-state index in [2.05, 4.69) is 10.1 Å². The summed E-state index contributed by atoms with van der Waals surface area (Å²) in [5.41, 5.74) is 5.75. The van der Waals surface area contributed by atoms with Gasteiger partial charge < -0.3 is 15.8 Å². The van der Waals surface area contributed by atoms with Gasteiger partial charge in [0.2, 0.25) is 5.91 Å². The van der Waals surface area contributed by atoms with E-state index in [4.69, 9.17) is 5.73 Å². The van der Waals surface area contributed by atoms with E-state index in [-0.39, 0.29) is 29.7 Å². The lowest BCUT2D eigenvalue weighted by Crippen LogP contribution is -2.22. The number of nitrogens with two attached hydrogens (primary N) is 1. The highest BCUT2D eigenvalue weighted by Crippen LogP contribution is 2.25. The van der Waals surface area contributed by atoms with Crippen LogP contribution in [-0.4, -0.2) is 18.8 Å². The standard InChI is InChI=1S/C13H17F3N2O2/c1-2-9(8-17)6-12(19)18-10-4-3-5-11(7-10)20-13(14,15)16/h3-5,7,9H,2,6,8,17H2,1H3,(H,18,19). The zero-order valence-corrected chi connectivity index (χ0v) is 11.0. The van der Waals surface area contributed by atoms with E-state index in [0.29, 0.717) is 6.54 Å². The molecule has 3 N–H and O–H groups in total. The molecule has 1 aromatic rings. The van der Waals surface area contributed by atoms with Gasteiger partial charge in [-0.2, -0.15) is 0 Å². The number of ether oxygens (including phenoxy) is 1. The smallest absolute Gasteiger partial charge is 0.406 e. The van der Waals surface area contributed by atoms with E-state index >= 15 is 0 Å². The Morgan fingerprint density at radius 2 is 2.15 bits per heavy atom. The Morgan fingerprint density at radius 1 is 1.45 bits per heavy atom. The third-order valence-electron chi connectivity index (χ3n) is 2.74. The van der Waals surface area contributed by atoms with Crippen LogP contribution in [0.3, 0.4) is 0 Å². The van der Waals surface area contributed by atoms with Gasteiger partial charge in [-0.05, 0) is 24.6 Å². The van der Waals surface area contributed by atoms with Crippen LogP contribution in [0.1, 0.15) is 19.8 Å². The lowest BCUT2D eigenvalue weighted by atomic mass is 10.0. The van der Waals surface area contributed by atoms with Crippen molar-refractivity contribution < 1.29 is 22.7 Å². The molecule has 0 heterocycles. The SMILES string of the molecule is CCC(CN)CC(=O)Nc1cccc(OC(F)(F)F)c1. The summed E-state index contributed by atoms with van der Waals surface area (Å²) in [6.07, 6.45) is -3.76. The van der Waals surface area contributed by atoms with Crippen LogP contribution in [0, 0.1) is 5.92 Å². The summed E-state index contributed by atoms with van der Waals surface area (Å²) in [6.45, 7) is 2.31. The first-order valence-electron chi connectivity index (χ1n) is 6.19. The van der Waals surface area contributed by atoms with Gasteiger partial charge in [-0.3, -0.25) is 4.79 Å². The molecular weight excluding hydrogens is 273 g/mol. The van der Waals surface area contributed by atoms with Crippen LogP contribution >= 0.6 is 0 Å². The second-order valence-electron chi connectivity index (χ2n) is 4.34. The Balaban J connectivity index is 2.64. The minimum Gasteiger partial charge on any atom is -0.406 e. The fourth-order valence-electron chi connectivity index (χ4n) is 1.64. The first kappa shape index (κ1) is 16.3. The fourth-order valence-corrected chi connectivity index (χ4v) is 1.64. The molecule has 0 fully saturated rings. The number of halogens is 3. The third kappa shape index (κ3) is 5.92. The van der Waals surface area contributed by atoms with Crippen LogP contribution in [-0.2, 0) is 4.79 Å². The molecule has 1 rings (SSSR count). The minimum absolute atomic E-state index is 0.0598. The molecule has 0 aliphatic rings. The maximum atomic E-state index is 12.1. The highest BCUT2D eigenvalue weighted by molar-refractivity contribution is 5.91. The van der Waals surface area contributed by atoms with Gasteiger partial charge in [0.15, 0.2) is 0 Å². The predicted molar refractivity (Wildman–Crippen MR) is 69.2 cm³/mol. The molecule has 1 atom stereocenters. The summed E-state index contributed by atoms with van der Waals surface area (Å²) in [4.78, 5) is 11.7. The summed E-state index contributed by atoms with van der Waals surface area (Å²) >= 11 is 0. The van der Waals surface area contributed by atoms with Crippen LogP contribution in [0.5, 0.6) is 5.75 Å². The second-order valence-corrected chi connectivity index (χ2v) is 4.34. The number of hydrogen-bond donors (Lipinski definition) is 2. The number of hydrogen-bond acceptors (Lipinski definition) is 3. The van der Waals surface area contributed by atoms with Crippen molar-refractivity contribution in [3.63, 3.8) is 0 Å². The normalized spacial score (nSPS) is 12.8. The Morgan fingerprint density at radius 3 is 2.70 bits per heavy atom. The molecule has 4 nitrogen and oxygen atoms in total. The predicted octanol–water partition coefficient (Wildman–Crippen LogP) is 2.90. The summed E-state index contributed by atoms with van der Waals surface area (Å²) in [6, 6.07) is 5.15. The van der Waals surface area contributed by atoms with E-state index < -0.39 is 6.36 Å². The number of rotatable bonds is 6. The zero-order valence-electron chi connectivity index (χ0n) is 11.0. The van der Waals surface area contributed by atoms with Crippen molar-refractivity contribution in [1.29, 1.82) is 0 Å². The number of anilines is 1. The van der Waals surface area contributed by atoms with E-state index in [9.17, 15) is 18.0 Å². The van der Waals surface area contributed by atoms with Gasteiger partial charge in [-0.1, -0.05) is 19.4 Å². The topological polar surface area (TPSA) is 64.4 Å². The summed E-state index contributed by atoms with van der Waals surface area (Å²) < 4.78 is 40.0. The van der Waals surface area contributed by atoms with Crippen LogP contribution in [0.4, 0.5) is 18.9 Å². The molecule has 112 valence electrons. The number of carbonyl (C=O) groups excluding carboxylic acids is 1. The van der Waals surface area contributed by atoms with Gasteiger partial charge in [0, 0.05) is 18.2 Å². The summed E-state index contributed by atoms with van der Waals surface area (Å²) in [7, 11) is 0. The van der Waals surface area contributed by atoms with E-state index in [1.165, 1.54) is 12.1 Å².